The van der Waals surface area contributed by atoms with Gasteiger partial charge in [-0.15, -0.1) is 0 Å². The van der Waals surface area contributed by atoms with Crippen LogP contribution >= 0.6 is 0 Å². The van der Waals surface area contributed by atoms with E-state index in [1.54, 1.807) is 12.1 Å². The molecule has 168 valence electrons. The van der Waals surface area contributed by atoms with Gasteiger partial charge in [0.25, 0.3) is 0 Å². The van der Waals surface area contributed by atoms with Crippen LogP contribution in [0.25, 0.3) is 10.9 Å². The van der Waals surface area contributed by atoms with Crippen molar-refractivity contribution in [1.82, 2.24) is 15.2 Å². The summed E-state index contributed by atoms with van der Waals surface area (Å²) < 4.78 is 35.6. The first kappa shape index (κ1) is 21.9. The first-order valence-electron chi connectivity index (χ1n) is 10.3. The lowest BCUT2D eigenvalue weighted by Crippen LogP contribution is -2.47. The Bertz CT molecular complexity index is 1050. The highest BCUT2D eigenvalue weighted by Crippen LogP contribution is 2.30. The maximum atomic E-state index is 12.6. The Morgan fingerprint density at radius 2 is 2.03 bits per heavy atom. The highest BCUT2D eigenvalue weighted by molar-refractivity contribution is 6.02. The SMILES string of the molecule is O=C(NCC1CN(Cc2ccccc2)CCO1)Nc1ccc(OC(F)F)c2ncccc12. The molecule has 1 atom stereocenters. The number of ether oxygens (including phenoxy) is 2. The second kappa shape index (κ2) is 10.3. The van der Waals surface area contributed by atoms with Crippen molar-refractivity contribution >= 4 is 22.6 Å². The maximum Gasteiger partial charge on any atom is 0.387 e. The molecule has 7 nitrogen and oxygen atoms in total. The molecule has 1 aliphatic rings. The summed E-state index contributed by atoms with van der Waals surface area (Å²) in [4.78, 5) is 18.9. The summed E-state index contributed by atoms with van der Waals surface area (Å²) in [6.45, 7) is 0.367. The topological polar surface area (TPSA) is 75.7 Å². The van der Waals surface area contributed by atoms with Gasteiger partial charge in [0, 0.05) is 37.8 Å². The number of halogens is 2. The average molecular weight is 442 g/mol. The number of urea groups is 1. The predicted molar refractivity (Wildman–Crippen MR) is 117 cm³/mol. The summed E-state index contributed by atoms with van der Waals surface area (Å²) in [6.07, 6.45) is 1.35. The minimum absolute atomic E-state index is 0.0457. The fraction of sp³-hybridized carbons (Fsp3) is 0.304. The number of anilines is 1. The molecule has 0 spiro atoms. The number of nitrogens with one attached hydrogen (secondary N) is 2. The molecule has 0 bridgehead atoms. The Kier molecular flexibility index (Phi) is 7.08. The Balaban J connectivity index is 1.33. The zero-order valence-corrected chi connectivity index (χ0v) is 17.3. The van der Waals surface area contributed by atoms with E-state index >= 15 is 0 Å². The van der Waals surface area contributed by atoms with Gasteiger partial charge in [0.05, 0.1) is 18.4 Å². The van der Waals surface area contributed by atoms with Crippen LogP contribution in [-0.4, -0.2) is 54.9 Å². The number of benzene rings is 2. The van der Waals surface area contributed by atoms with Gasteiger partial charge in [0.15, 0.2) is 5.75 Å². The molecule has 1 saturated heterocycles. The zero-order chi connectivity index (χ0) is 22.3. The molecule has 32 heavy (non-hydrogen) atoms. The number of carbonyl (C=O) groups is 1. The molecule has 2 heterocycles. The summed E-state index contributed by atoms with van der Waals surface area (Å²) in [7, 11) is 0. The number of pyridine rings is 1. The first-order chi connectivity index (χ1) is 15.6. The van der Waals surface area contributed by atoms with Gasteiger partial charge in [0.1, 0.15) is 5.52 Å². The minimum atomic E-state index is -2.96. The van der Waals surface area contributed by atoms with Crippen molar-refractivity contribution in [2.45, 2.75) is 19.3 Å². The number of fused-ring (bicyclic) bond motifs is 1. The first-order valence-corrected chi connectivity index (χ1v) is 10.3. The second-order valence-electron chi connectivity index (χ2n) is 7.44. The van der Waals surface area contributed by atoms with Crippen molar-refractivity contribution in [3.63, 3.8) is 0 Å². The third kappa shape index (κ3) is 5.68. The predicted octanol–water partition coefficient (Wildman–Crippen LogP) is 3.86. The van der Waals surface area contributed by atoms with Crippen LogP contribution in [0.1, 0.15) is 5.56 Å². The van der Waals surface area contributed by atoms with Crippen LogP contribution in [0.15, 0.2) is 60.8 Å². The summed E-state index contributed by atoms with van der Waals surface area (Å²) in [6, 6.07) is 16.0. The van der Waals surface area contributed by atoms with Gasteiger partial charge in [-0.2, -0.15) is 8.78 Å². The van der Waals surface area contributed by atoms with E-state index in [2.05, 4.69) is 37.4 Å². The number of nitrogens with zero attached hydrogens (tertiary/aromatic N) is 2. The minimum Gasteiger partial charge on any atom is -0.432 e. The highest BCUT2D eigenvalue weighted by Gasteiger charge is 2.21. The van der Waals surface area contributed by atoms with Gasteiger partial charge >= 0.3 is 12.6 Å². The third-order valence-corrected chi connectivity index (χ3v) is 5.16. The van der Waals surface area contributed by atoms with E-state index < -0.39 is 12.6 Å². The summed E-state index contributed by atoms with van der Waals surface area (Å²) >= 11 is 0. The standard InChI is InChI=1S/C23H24F2N4O3/c24-22(25)32-20-9-8-19(18-7-4-10-26-21(18)20)28-23(30)27-13-17-15-29(11-12-31-17)14-16-5-2-1-3-6-16/h1-10,17,22H,11-15H2,(H2,27,28,30). The maximum absolute atomic E-state index is 12.6. The van der Waals surface area contributed by atoms with Gasteiger partial charge < -0.3 is 20.1 Å². The molecule has 1 aromatic heterocycles. The molecule has 2 N–H and O–H groups in total. The zero-order valence-electron chi connectivity index (χ0n) is 17.3. The summed E-state index contributed by atoms with van der Waals surface area (Å²) in [5.41, 5.74) is 1.93. The van der Waals surface area contributed by atoms with E-state index in [0.717, 1.165) is 13.1 Å². The van der Waals surface area contributed by atoms with Crippen molar-refractivity contribution in [3.8, 4) is 5.75 Å². The molecule has 1 unspecified atom stereocenters. The van der Waals surface area contributed by atoms with Gasteiger partial charge in [-0.1, -0.05) is 30.3 Å². The lowest BCUT2D eigenvalue weighted by atomic mass is 10.1. The van der Waals surface area contributed by atoms with E-state index in [9.17, 15) is 13.6 Å². The number of aromatic nitrogens is 1. The van der Waals surface area contributed by atoms with Crippen LogP contribution in [0.5, 0.6) is 5.75 Å². The smallest absolute Gasteiger partial charge is 0.387 e. The van der Waals surface area contributed by atoms with Crippen LogP contribution in [0.3, 0.4) is 0 Å². The van der Waals surface area contributed by atoms with Gasteiger partial charge in [-0.25, -0.2) is 4.79 Å². The average Bonchev–Trinajstić information content (AvgIpc) is 2.80. The van der Waals surface area contributed by atoms with Crippen molar-refractivity contribution in [1.29, 1.82) is 0 Å². The molecule has 0 aliphatic carbocycles. The lowest BCUT2D eigenvalue weighted by molar-refractivity contribution is -0.0489. The monoisotopic (exact) mass is 442 g/mol. The number of carbonyl (C=O) groups excluding carboxylic acids is 1. The van der Waals surface area contributed by atoms with E-state index in [-0.39, 0.29) is 17.4 Å². The summed E-state index contributed by atoms with van der Waals surface area (Å²) in [5.74, 6) is -0.0457. The van der Waals surface area contributed by atoms with Gasteiger partial charge in [-0.3, -0.25) is 9.88 Å². The number of rotatable bonds is 7. The Morgan fingerprint density at radius 1 is 1.19 bits per heavy atom. The largest absolute Gasteiger partial charge is 0.432 e. The number of amides is 2. The van der Waals surface area contributed by atoms with Crippen molar-refractivity contribution in [3.05, 3.63) is 66.4 Å². The van der Waals surface area contributed by atoms with Crippen LogP contribution in [-0.2, 0) is 11.3 Å². The van der Waals surface area contributed by atoms with Crippen molar-refractivity contribution in [2.75, 3.05) is 31.6 Å². The molecule has 3 aromatic rings. The van der Waals surface area contributed by atoms with Crippen molar-refractivity contribution in [2.24, 2.45) is 0 Å². The van der Waals surface area contributed by atoms with E-state index in [1.165, 1.54) is 23.9 Å². The van der Waals surface area contributed by atoms with Gasteiger partial charge in [0.2, 0.25) is 0 Å². The van der Waals surface area contributed by atoms with E-state index in [0.29, 0.717) is 30.8 Å². The quantitative estimate of drug-likeness (QED) is 0.581. The molecule has 2 amide bonds. The van der Waals surface area contributed by atoms with Crippen LogP contribution in [0.2, 0.25) is 0 Å². The lowest BCUT2D eigenvalue weighted by Gasteiger charge is -2.33. The molecular weight excluding hydrogens is 418 g/mol. The molecule has 1 fully saturated rings. The number of hydrogen-bond donors (Lipinski definition) is 2. The van der Waals surface area contributed by atoms with Crippen LogP contribution < -0.4 is 15.4 Å². The fourth-order valence-electron chi connectivity index (χ4n) is 3.71. The summed E-state index contributed by atoms with van der Waals surface area (Å²) in [5, 5.41) is 6.08. The molecule has 0 saturated carbocycles. The van der Waals surface area contributed by atoms with E-state index in [4.69, 9.17) is 4.74 Å². The number of hydrogen-bond acceptors (Lipinski definition) is 5. The molecular formula is C23H24F2N4O3. The third-order valence-electron chi connectivity index (χ3n) is 5.16. The fourth-order valence-corrected chi connectivity index (χ4v) is 3.71. The molecule has 1 aliphatic heterocycles. The van der Waals surface area contributed by atoms with E-state index in [1.807, 2.05) is 18.2 Å². The molecule has 4 rings (SSSR count). The van der Waals surface area contributed by atoms with Crippen molar-refractivity contribution < 1.29 is 23.0 Å². The Morgan fingerprint density at radius 3 is 2.84 bits per heavy atom. The van der Waals surface area contributed by atoms with Crippen LogP contribution in [0.4, 0.5) is 19.3 Å². The Labute approximate surface area is 184 Å². The number of alkyl halides is 2. The molecule has 9 heteroatoms. The Hall–Kier alpha value is -3.30. The van der Waals surface area contributed by atoms with Crippen LogP contribution in [0, 0.1) is 0 Å². The highest BCUT2D eigenvalue weighted by atomic mass is 19.3. The molecule has 2 aromatic carbocycles. The van der Waals surface area contributed by atoms with Gasteiger partial charge in [-0.05, 0) is 29.8 Å². The molecule has 0 radical (unpaired) electrons. The second-order valence-corrected chi connectivity index (χ2v) is 7.44. The normalized spacial score (nSPS) is 16.8. The number of morpholine rings is 1.